The van der Waals surface area contributed by atoms with Gasteiger partial charge in [-0.3, -0.25) is 9.48 Å². The second-order valence-electron chi connectivity index (χ2n) is 4.39. The number of thiazole rings is 1. The molecule has 0 atom stereocenters. The zero-order chi connectivity index (χ0) is 14.7. The Hall–Kier alpha value is -2.67. The average molecular weight is 299 g/mol. The van der Waals surface area contributed by atoms with Gasteiger partial charge in [0.1, 0.15) is 5.69 Å². The molecule has 0 aliphatic rings. The van der Waals surface area contributed by atoms with E-state index in [9.17, 15) is 4.79 Å². The van der Waals surface area contributed by atoms with Gasteiger partial charge >= 0.3 is 0 Å². The molecule has 2 heterocycles. The molecule has 0 aliphatic carbocycles. The third-order valence-corrected chi connectivity index (χ3v) is 3.59. The van der Waals surface area contributed by atoms with Crippen molar-refractivity contribution in [3.05, 3.63) is 59.4 Å². The monoisotopic (exact) mass is 299 g/mol. The number of carbonyl (C=O) groups is 1. The van der Waals surface area contributed by atoms with Crippen molar-refractivity contribution in [1.29, 1.82) is 0 Å². The highest BCUT2D eigenvalue weighted by Crippen LogP contribution is 2.18. The zero-order valence-electron chi connectivity index (χ0n) is 11.1. The van der Waals surface area contributed by atoms with E-state index in [1.54, 1.807) is 16.3 Å². The molecule has 7 heteroatoms. The molecule has 2 aromatic heterocycles. The van der Waals surface area contributed by atoms with Crippen LogP contribution in [0.3, 0.4) is 0 Å². The summed E-state index contributed by atoms with van der Waals surface area (Å²) in [5.74, 6) is -0.268. The summed E-state index contributed by atoms with van der Waals surface area (Å²) in [6.45, 7) is 0.586. The maximum atomic E-state index is 12.1. The molecule has 3 rings (SSSR count). The number of aromatic nitrogens is 3. The van der Waals surface area contributed by atoms with Crippen molar-refractivity contribution >= 4 is 28.1 Å². The summed E-state index contributed by atoms with van der Waals surface area (Å²) in [5, 5.41) is 9.05. The number of amides is 1. The Labute approximate surface area is 125 Å². The number of benzene rings is 1. The third-order valence-electron chi connectivity index (χ3n) is 2.91. The Morgan fingerprint density at radius 3 is 2.90 bits per heavy atom. The number of nitrogen functional groups attached to an aromatic ring is 1. The molecule has 0 spiro atoms. The van der Waals surface area contributed by atoms with Gasteiger partial charge in [-0.25, -0.2) is 4.98 Å². The lowest BCUT2D eigenvalue weighted by molar-refractivity contribution is 0.102. The van der Waals surface area contributed by atoms with Gasteiger partial charge in [0.05, 0.1) is 6.54 Å². The molecule has 0 saturated heterocycles. The van der Waals surface area contributed by atoms with Crippen LogP contribution in [0.4, 0.5) is 10.8 Å². The fourth-order valence-electron chi connectivity index (χ4n) is 1.93. The van der Waals surface area contributed by atoms with Gasteiger partial charge in [0.2, 0.25) is 0 Å². The number of para-hydroxylation sites is 1. The first-order chi connectivity index (χ1) is 10.2. The van der Waals surface area contributed by atoms with E-state index in [0.717, 1.165) is 11.3 Å². The first-order valence-corrected chi connectivity index (χ1v) is 7.18. The predicted octanol–water partition coefficient (Wildman–Crippen LogP) is 2.22. The predicted molar refractivity (Wildman–Crippen MR) is 82.3 cm³/mol. The summed E-state index contributed by atoms with van der Waals surface area (Å²) in [4.78, 5) is 16.1. The molecular formula is C14H13N5OS. The molecule has 0 saturated carbocycles. The van der Waals surface area contributed by atoms with Crippen LogP contribution in [0.2, 0.25) is 0 Å². The van der Waals surface area contributed by atoms with Crippen molar-refractivity contribution in [2.24, 2.45) is 0 Å². The maximum Gasteiger partial charge on any atom is 0.275 e. The van der Waals surface area contributed by atoms with Gasteiger partial charge in [0.25, 0.3) is 5.91 Å². The molecule has 0 aliphatic heterocycles. The van der Waals surface area contributed by atoms with Crippen LogP contribution in [0.1, 0.15) is 16.1 Å². The topological polar surface area (TPSA) is 85.8 Å². The molecule has 0 radical (unpaired) electrons. The van der Waals surface area contributed by atoms with Gasteiger partial charge in [0.15, 0.2) is 5.13 Å². The van der Waals surface area contributed by atoms with E-state index in [1.165, 1.54) is 11.3 Å². The molecule has 6 nitrogen and oxygen atoms in total. The number of nitrogens with two attached hydrogens (primary N) is 1. The Morgan fingerprint density at radius 2 is 2.19 bits per heavy atom. The lowest BCUT2D eigenvalue weighted by atomic mass is 10.1. The highest BCUT2D eigenvalue weighted by atomic mass is 32.1. The number of hydrogen-bond donors (Lipinski definition) is 2. The van der Waals surface area contributed by atoms with Crippen molar-refractivity contribution in [1.82, 2.24) is 14.8 Å². The van der Waals surface area contributed by atoms with Crippen LogP contribution in [-0.4, -0.2) is 20.7 Å². The van der Waals surface area contributed by atoms with Gasteiger partial charge < -0.3 is 11.1 Å². The number of carbonyl (C=O) groups excluding carboxylic acids is 1. The summed E-state index contributed by atoms with van der Waals surface area (Å²) in [6, 6.07) is 9.46. The van der Waals surface area contributed by atoms with Crippen molar-refractivity contribution in [2.45, 2.75) is 6.54 Å². The zero-order valence-corrected chi connectivity index (χ0v) is 11.9. The van der Waals surface area contributed by atoms with Crippen LogP contribution in [0.25, 0.3) is 0 Å². The first-order valence-electron chi connectivity index (χ1n) is 6.30. The number of hydrogen-bond acceptors (Lipinski definition) is 5. The number of anilines is 2. The van der Waals surface area contributed by atoms with Gasteiger partial charge in [-0.2, -0.15) is 5.10 Å². The largest absolute Gasteiger partial charge is 0.375 e. The van der Waals surface area contributed by atoms with Gasteiger partial charge in [-0.05, 0) is 17.7 Å². The first kappa shape index (κ1) is 13.3. The SMILES string of the molecule is Nc1nc(C(=O)Nc2ccccc2Cn2cccn2)cs1. The van der Waals surface area contributed by atoms with Crippen molar-refractivity contribution < 1.29 is 4.79 Å². The fraction of sp³-hybridized carbons (Fsp3) is 0.0714. The molecular weight excluding hydrogens is 286 g/mol. The van der Waals surface area contributed by atoms with Crippen LogP contribution >= 0.6 is 11.3 Å². The highest BCUT2D eigenvalue weighted by Gasteiger charge is 2.12. The Morgan fingerprint density at radius 1 is 1.33 bits per heavy atom. The van der Waals surface area contributed by atoms with Crippen LogP contribution in [0.15, 0.2) is 48.1 Å². The van der Waals surface area contributed by atoms with Crippen molar-refractivity contribution in [3.63, 3.8) is 0 Å². The second kappa shape index (κ2) is 5.76. The van der Waals surface area contributed by atoms with Gasteiger partial charge in [0, 0.05) is 23.5 Å². The van der Waals surface area contributed by atoms with E-state index in [-0.39, 0.29) is 5.91 Å². The van der Waals surface area contributed by atoms with E-state index < -0.39 is 0 Å². The van der Waals surface area contributed by atoms with E-state index >= 15 is 0 Å². The quantitative estimate of drug-likeness (QED) is 0.773. The van der Waals surface area contributed by atoms with Crippen LogP contribution < -0.4 is 11.1 Å². The number of rotatable bonds is 4. The summed E-state index contributed by atoms with van der Waals surface area (Å²) in [6.07, 6.45) is 3.60. The van der Waals surface area contributed by atoms with E-state index in [1.807, 2.05) is 36.5 Å². The normalized spacial score (nSPS) is 10.5. The summed E-state index contributed by atoms with van der Waals surface area (Å²) >= 11 is 1.24. The van der Waals surface area contributed by atoms with Gasteiger partial charge in [-0.1, -0.05) is 18.2 Å². The molecule has 106 valence electrons. The fourth-order valence-corrected chi connectivity index (χ4v) is 2.47. The van der Waals surface area contributed by atoms with Crippen LogP contribution in [-0.2, 0) is 6.54 Å². The lowest BCUT2D eigenvalue weighted by Gasteiger charge is -2.10. The maximum absolute atomic E-state index is 12.1. The Balaban J connectivity index is 1.80. The third kappa shape index (κ3) is 3.09. The van der Waals surface area contributed by atoms with Crippen molar-refractivity contribution in [3.8, 4) is 0 Å². The minimum atomic E-state index is -0.268. The van der Waals surface area contributed by atoms with Crippen LogP contribution in [0.5, 0.6) is 0 Å². The molecule has 1 aromatic carbocycles. The molecule has 0 bridgehead atoms. The smallest absolute Gasteiger partial charge is 0.275 e. The number of nitrogens with one attached hydrogen (secondary N) is 1. The summed E-state index contributed by atoms with van der Waals surface area (Å²) in [7, 11) is 0. The molecule has 3 aromatic rings. The summed E-state index contributed by atoms with van der Waals surface area (Å²) < 4.78 is 1.80. The molecule has 3 N–H and O–H groups in total. The molecule has 21 heavy (non-hydrogen) atoms. The number of nitrogens with zero attached hydrogens (tertiary/aromatic N) is 3. The Kier molecular flexibility index (Phi) is 3.65. The Bertz CT molecular complexity index is 750. The van der Waals surface area contributed by atoms with E-state index in [0.29, 0.717) is 17.4 Å². The molecule has 0 unspecified atom stereocenters. The lowest BCUT2D eigenvalue weighted by Crippen LogP contribution is -2.14. The summed E-state index contributed by atoms with van der Waals surface area (Å²) in [5.41, 5.74) is 7.58. The van der Waals surface area contributed by atoms with Gasteiger partial charge in [-0.15, -0.1) is 11.3 Å². The van der Waals surface area contributed by atoms with E-state index in [4.69, 9.17) is 5.73 Å². The highest BCUT2D eigenvalue weighted by molar-refractivity contribution is 7.13. The second-order valence-corrected chi connectivity index (χ2v) is 5.28. The standard InChI is InChI=1S/C14H13N5OS/c15-14-18-12(9-21-14)13(20)17-11-5-2-1-4-10(11)8-19-7-3-6-16-19/h1-7,9H,8H2,(H2,15,18)(H,17,20). The molecule has 0 fully saturated rings. The van der Waals surface area contributed by atoms with Crippen LogP contribution in [0, 0.1) is 0 Å². The molecule has 1 amide bonds. The minimum Gasteiger partial charge on any atom is -0.375 e. The van der Waals surface area contributed by atoms with Crippen molar-refractivity contribution in [2.75, 3.05) is 11.1 Å². The minimum absolute atomic E-state index is 0.268. The van der Waals surface area contributed by atoms with E-state index in [2.05, 4.69) is 15.4 Å². The average Bonchev–Trinajstić information content (AvgIpc) is 3.12.